The number of benzene rings is 2. The van der Waals surface area contributed by atoms with Crippen LogP contribution in [0.5, 0.6) is 0 Å². The van der Waals surface area contributed by atoms with Crippen LogP contribution in [-0.2, 0) is 0 Å². The molecule has 3 rings (SSSR count). The average Bonchev–Trinajstić information content (AvgIpc) is 2.44. The van der Waals surface area contributed by atoms with E-state index in [-0.39, 0.29) is 0 Å². The van der Waals surface area contributed by atoms with E-state index >= 15 is 0 Å². The fourth-order valence-electron chi connectivity index (χ4n) is 2.68. The van der Waals surface area contributed by atoms with Gasteiger partial charge in [-0.1, -0.05) is 30.3 Å². The van der Waals surface area contributed by atoms with Crippen molar-refractivity contribution in [2.24, 2.45) is 0 Å². The van der Waals surface area contributed by atoms with Gasteiger partial charge < -0.3 is 10.4 Å². The van der Waals surface area contributed by atoms with Gasteiger partial charge in [0.15, 0.2) is 0 Å². The number of aromatic carboxylic acids is 1. The predicted octanol–water partition coefficient (Wildman–Crippen LogP) is 3.74. The van der Waals surface area contributed by atoms with Crippen LogP contribution >= 0.6 is 0 Å². The van der Waals surface area contributed by atoms with Crippen LogP contribution in [0.15, 0.2) is 54.6 Å². The van der Waals surface area contributed by atoms with E-state index in [0.717, 1.165) is 18.5 Å². The summed E-state index contributed by atoms with van der Waals surface area (Å²) in [5.74, 6) is -0.240. The Hall–Kier alpha value is -2.29. The summed E-state index contributed by atoms with van der Waals surface area (Å²) in [5, 5.41) is 12.3. The van der Waals surface area contributed by atoms with Gasteiger partial charge in [-0.3, -0.25) is 0 Å². The Morgan fingerprint density at radius 2 is 1.65 bits per heavy atom. The maximum absolute atomic E-state index is 10.8. The summed E-state index contributed by atoms with van der Waals surface area (Å²) in [7, 11) is 0. The molecule has 0 amide bonds. The molecule has 0 bridgehead atoms. The third-order valence-electron chi connectivity index (χ3n) is 3.91. The molecule has 0 radical (unpaired) electrons. The van der Waals surface area contributed by atoms with Crippen LogP contribution in [0, 0.1) is 0 Å². The zero-order valence-corrected chi connectivity index (χ0v) is 11.1. The smallest absolute Gasteiger partial charge is 0.335 e. The van der Waals surface area contributed by atoms with E-state index in [2.05, 4.69) is 29.6 Å². The number of rotatable bonds is 4. The fourth-order valence-corrected chi connectivity index (χ4v) is 2.68. The van der Waals surface area contributed by atoms with Gasteiger partial charge >= 0.3 is 5.97 Å². The monoisotopic (exact) mass is 267 g/mol. The summed E-state index contributed by atoms with van der Waals surface area (Å²) >= 11 is 0. The second-order valence-corrected chi connectivity index (χ2v) is 5.30. The Balaban J connectivity index is 1.55. The van der Waals surface area contributed by atoms with Gasteiger partial charge in [0.1, 0.15) is 0 Å². The van der Waals surface area contributed by atoms with E-state index in [1.165, 1.54) is 5.56 Å². The van der Waals surface area contributed by atoms with Crippen LogP contribution in [-0.4, -0.2) is 17.1 Å². The first-order valence-corrected chi connectivity index (χ1v) is 6.87. The molecule has 102 valence electrons. The number of hydrogen-bond acceptors (Lipinski definition) is 2. The summed E-state index contributed by atoms with van der Waals surface area (Å²) in [6, 6.07) is 18.0. The first-order chi connectivity index (χ1) is 9.72. The molecular formula is C17H17NO2. The first-order valence-electron chi connectivity index (χ1n) is 6.87. The van der Waals surface area contributed by atoms with E-state index in [0.29, 0.717) is 17.5 Å². The van der Waals surface area contributed by atoms with Crippen molar-refractivity contribution in [2.45, 2.75) is 24.8 Å². The van der Waals surface area contributed by atoms with Gasteiger partial charge in [0.25, 0.3) is 0 Å². The lowest BCUT2D eigenvalue weighted by atomic mass is 9.76. The van der Waals surface area contributed by atoms with E-state index in [1.807, 2.05) is 18.2 Å². The number of carboxylic acids is 1. The number of anilines is 1. The highest BCUT2D eigenvalue weighted by Gasteiger charge is 2.29. The standard InChI is InChI=1S/C17H17NO2/c19-17(20)13-6-8-15(9-7-13)18-16-10-14(11-16)12-4-2-1-3-5-12/h1-9,14,16,18H,10-11H2,(H,19,20). The zero-order chi connectivity index (χ0) is 13.9. The Morgan fingerprint density at radius 3 is 2.25 bits per heavy atom. The summed E-state index contributed by atoms with van der Waals surface area (Å²) in [6.07, 6.45) is 2.26. The minimum atomic E-state index is -0.885. The van der Waals surface area contributed by atoms with E-state index in [1.54, 1.807) is 12.1 Å². The third-order valence-corrected chi connectivity index (χ3v) is 3.91. The molecule has 1 fully saturated rings. The number of carbonyl (C=O) groups is 1. The van der Waals surface area contributed by atoms with Crippen LogP contribution < -0.4 is 5.32 Å². The molecular weight excluding hydrogens is 250 g/mol. The third kappa shape index (κ3) is 2.67. The van der Waals surface area contributed by atoms with Crippen LogP contribution in [0.4, 0.5) is 5.69 Å². The SMILES string of the molecule is O=C(O)c1ccc(NC2CC(c3ccccc3)C2)cc1. The molecule has 0 heterocycles. The van der Waals surface area contributed by atoms with Crippen molar-refractivity contribution in [2.75, 3.05) is 5.32 Å². The molecule has 1 saturated carbocycles. The summed E-state index contributed by atoms with van der Waals surface area (Å²) < 4.78 is 0. The number of carboxylic acid groups (broad SMARTS) is 1. The molecule has 2 aromatic carbocycles. The van der Waals surface area contributed by atoms with Crippen molar-refractivity contribution in [1.29, 1.82) is 0 Å². The summed E-state index contributed by atoms with van der Waals surface area (Å²) in [4.78, 5) is 10.8. The molecule has 1 aliphatic carbocycles. The second-order valence-electron chi connectivity index (χ2n) is 5.30. The minimum absolute atomic E-state index is 0.325. The molecule has 3 nitrogen and oxygen atoms in total. The van der Waals surface area contributed by atoms with Crippen LogP contribution in [0.2, 0.25) is 0 Å². The van der Waals surface area contributed by atoms with Crippen molar-refractivity contribution in [3.8, 4) is 0 Å². The lowest BCUT2D eigenvalue weighted by Gasteiger charge is -2.37. The molecule has 2 aromatic rings. The van der Waals surface area contributed by atoms with Crippen LogP contribution in [0.3, 0.4) is 0 Å². The highest BCUT2D eigenvalue weighted by Crippen LogP contribution is 2.38. The van der Waals surface area contributed by atoms with Crippen molar-refractivity contribution in [3.05, 3.63) is 65.7 Å². The lowest BCUT2D eigenvalue weighted by molar-refractivity contribution is 0.0697. The maximum atomic E-state index is 10.8. The van der Waals surface area contributed by atoms with E-state index in [9.17, 15) is 4.79 Å². The molecule has 0 unspecified atom stereocenters. The molecule has 20 heavy (non-hydrogen) atoms. The minimum Gasteiger partial charge on any atom is -0.478 e. The quantitative estimate of drug-likeness (QED) is 0.887. The Bertz CT molecular complexity index is 586. The van der Waals surface area contributed by atoms with Crippen molar-refractivity contribution < 1.29 is 9.90 Å². The highest BCUT2D eigenvalue weighted by molar-refractivity contribution is 5.88. The molecule has 0 spiro atoms. The van der Waals surface area contributed by atoms with Gasteiger partial charge in [0, 0.05) is 11.7 Å². The van der Waals surface area contributed by atoms with Crippen molar-refractivity contribution in [1.82, 2.24) is 0 Å². The largest absolute Gasteiger partial charge is 0.478 e. The summed E-state index contributed by atoms with van der Waals surface area (Å²) in [6.45, 7) is 0. The zero-order valence-electron chi connectivity index (χ0n) is 11.1. The maximum Gasteiger partial charge on any atom is 0.335 e. The van der Waals surface area contributed by atoms with E-state index < -0.39 is 5.97 Å². The van der Waals surface area contributed by atoms with E-state index in [4.69, 9.17) is 5.11 Å². The van der Waals surface area contributed by atoms with Gasteiger partial charge in [-0.05, 0) is 48.6 Å². The normalized spacial score (nSPS) is 21.0. The molecule has 0 aromatic heterocycles. The molecule has 0 saturated heterocycles. The van der Waals surface area contributed by atoms with Gasteiger partial charge in [0.2, 0.25) is 0 Å². The molecule has 1 aliphatic rings. The topological polar surface area (TPSA) is 49.3 Å². The molecule has 3 heteroatoms. The Kier molecular flexibility index (Phi) is 3.42. The number of hydrogen-bond donors (Lipinski definition) is 2. The first kappa shape index (κ1) is 12.7. The molecule has 0 atom stereocenters. The molecule has 0 aliphatic heterocycles. The highest BCUT2D eigenvalue weighted by atomic mass is 16.4. The predicted molar refractivity (Wildman–Crippen MR) is 79.2 cm³/mol. The average molecular weight is 267 g/mol. The van der Waals surface area contributed by atoms with Gasteiger partial charge in [-0.25, -0.2) is 4.79 Å². The van der Waals surface area contributed by atoms with Crippen LogP contribution in [0.1, 0.15) is 34.7 Å². The number of nitrogens with one attached hydrogen (secondary N) is 1. The second kappa shape index (κ2) is 5.37. The van der Waals surface area contributed by atoms with Crippen molar-refractivity contribution in [3.63, 3.8) is 0 Å². The Labute approximate surface area is 118 Å². The lowest BCUT2D eigenvalue weighted by Crippen LogP contribution is -2.33. The van der Waals surface area contributed by atoms with Gasteiger partial charge in [0.05, 0.1) is 5.56 Å². The van der Waals surface area contributed by atoms with Crippen LogP contribution in [0.25, 0.3) is 0 Å². The summed E-state index contributed by atoms with van der Waals surface area (Å²) in [5.41, 5.74) is 2.73. The van der Waals surface area contributed by atoms with Gasteiger partial charge in [-0.15, -0.1) is 0 Å². The van der Waals surface area contributed by atoms with Gasteiger partial charge in [-0.2, -0.15) is 0 Å². The molecule has 2 N–H and O–H groups in total. The fraction of sp³-hybridized carbons (Fsp3) is 0.235. The van der Waals surface area contributed by atoms with Crippen molar-refractivity contribution >= 4 is 11.7 Å². The Morgan fingerprint density at radius 1 is 1.00 bits per heavy atom.